The van der Waals surface area contributed by atoms with Gasteiger partial charge in [0.1, 0.15) is 5.69 Å². The highest BCUT2D eigenvalue weighted by Gasteiger charge is 2.10. The van der Waals surface area contributed by atoms with E-state index in [0.717, 1.165) is 11.1 Å². The van der Waals surface area contributed by atoms with Gasteiger partial charge in [0.2, 0.25) is 0 Å². The molecule has 82 valence electrons. The van der Waals surface area contributed by atoms with Crippen LogP contribution in [-0.4, -0.2) is 15.6 Å². The van der Waals surface area contributed by atoms with E-state index >= 15 is 0 Å². The highest BCUT2D eigenvalue weighted by atomic mass is 16.4. The number of nitrogens with zero attached hydrogens (tertiary/aromatic N) is 1. The molecule has 0 radical (unpaired) electrons. The largest absolute Gasteiger partial charge is 0.477 e. The normalized spacial score (nSPS) is 10.4. The van der Waals surface area contributed by atoms with Crippen molar-refractivity contribution < 1.29 is 9.90 Å². The molecule has 1 N–H and O–H groups in total. The van der Waals surface area contributed by atoms with Gasteiger partial charge in [-0.3, -0.25) is 0 Å². The number of rotatable bonds is 2. The van der Waals surface area contributed by atoms with Crippen LogP contribution < -0.4 is 0 Å². The Morgan fingerprint density at radius 3 is 2.56 bits per heavy atom. The van der Waals surface area contributed by atoms with E-state index in [1.165, 1.54) is 5.56 Å². The van der Waals surface area contributed by atoms with E-state index in [1.54, 1.807) is 17.7 Å². The van der Waals surface area contributed by atoms with Gasteiger partial charge in [0.15, 0.2) is 0 Å². The highest BCUT2D eigenvalue weighted by Crippen LogP contribution is 2.22. The number of carboxylic acids is 1. The van der Waals surface area contributed by atoms with Crippen molar-refractivity contribution in [3.05, 3.63) is 47.8 Å². The minimum Gasteiger partial charge on any atom is -0.477 e. The Bertz CT molecular complexity index is 541. The molecule has 0 bridgehead atoms. The van der Waals surface area contributed by atoms with E-state index in [1.807, 2.05) is 37.4 Å². The van der Waals surface area contributed by atoms with Crippen molar-refractivity contribution in [3.8, 4) is 11.1 Å². The number of hydrogen-bond acceptors (Lipinski definition) is 1. The number of aromatic carboxylic acids is 1. The van der Waals surface area contributed by atoms with Gasteiger partial charge in [-0.1, -0.05) is 29.8 Å². The van der Waals surface area contributed by atoms with Gasteiger partial charge < -0.3 is 9.67 Å². The number of aryl methyl sites for hydroxylation is 2. The summed E-state index contributed by atoms with van der Waals surface area (Å²) >= 11 is 0. The molecule has 1 heterocycles. The molecule has 1 aromatic heterocycles. The predicted octanol–water partition coefficient (Wildman–Crippen LogP) is 2.70. The smallest absolute Gasteiger partial charge is 0.352 e. The third kappa shape index (κ3) is 1.84. The summed E-state index contributed by atoms with van der Waals surface area (Å²) in [5.41, 5.74) is 3.45. The van der Waals surface area contributed by atoms with Crippen LogP contribution in [0.4, 0.5) is 0 Å². The minimum absolute atomic E-state index is 0.302. The van der Waals surface area contributed by atoms with Gasteiger partial charge in [0.05, 0.1) is 0 Å². The maximum Gasteiger partial charge on any atom is 0.352 e. The van der Waals surface area contributed by atoms with Crippen molar-refractivity contribution in [2.45, 2.75) is 6.92 Å². The Morgan fingerprint density at radius 2 is 2.00 bits per heavy atom. The minimum atomic E-state index is -0.901. The summed E-state index contributed by atoms with van der Waals surface area (Å²) in [5, 5.41) is 8.96. The monoisotopic (exact) mass is 215 g/mol. The predicted molar refractivity (Wildman–Crippen MR) is 62.5 cm³/mol. The third-order valence-corrected chi connectivity index (χ3v) is 2.58. The Labute approximate surface area is 94.0 Å². The first kappa shape index (κ1) is 10.5. The van der Waals surface area contributed by atoms with Crippen LogP contribution in [0.15, 0.2) is 36.5 Å². The Balaban J connectivity index is 2.49. The van der Waals surface area contributed by atoms with Crippen LogP contribution in [0.2, 0.25) is 0 Å². The molecule has 0 atom stereocenters. The summed E-state index contributed by atoms with van der Waals surface area (Å²) in [5.74, 6) is -0.901. The Kier molecular flexibility index (Phi) is 2.52. The van der Waals surface area contributed by atoms with Gasteiger partial charge in [-0.25, -0.2) is 4.79 Å². The second kappa shape index (κ2) is 3.85. The first-order chi connectivity index (χ1) is 7.58. The van der Waals surface area contributed by atoms with Gasteiger partial charge in [-0.2, -0.15) is 0 Å². The summed E-state index contributed by atoms with van der Waals surface area (Å²) in [4.78, 5) is 10.9. The van der Waals surface area contributed by atoms with E-state index in [2.05, 4.69) is 0 Å². The van der Waals surface area contributed by atoms with Crippen molar-refractivity contribution in [3.63, 3.8) is 0 Å². The second-order valence-corrected chi connectivity index (χ2v) is 3.90. The zero-order chi connectivity index (χ0) is 11.7. The zero-order valence-corrected chi connectivity index (χ0v) is 9.27. The average molecular weight is 215 g/mol. The topological polar surface area (TPSA) is 42.2 Å². The van der Waals surface area contributed by atoms with Gasteiger partial charge in [0.25, 0.3) is 0 Å². The van der Waals surface area contributed by atoms with E-state index < -0.39 is 5.97 Å². The lowest BCUT2D eigenvalue weighted by atomic mass is 10.1. The fourth-order valence-electron chi connectivity index (χ4n) is 1.76. The fraction of sp³-hybridized carbons (Fsp3) is 0.154. The van der Waals surface area contributed by atoms with Crippen molar-refractivity contribution in [1.29, 1.82) is 0 Å². The molecule has 0 spiro atoms. The first-order valence-corrected chi connectivity index (χ1v) is 5.04. The van der Waals surface area contributed by atoms with Crippen molar-refractivity contribution >= 4 is 5.97 Å². The molecule has 3 heteroatoms. The van der Waals surface area contributed by atoms with Crippen molar-refractivity contribution in [1.82, 2.24) is 4.57 Å². The Morgan fingerprint density at radius 1 is 1.25 bits per heavy atom. The number of benzene rings is 1. The summed E-state index contributed by atoms with van der Waals surface area (Å²) in [6.45, 7) is 2.02. The summed E-state index contributed by atoms with van der Waals surface area (Å²) in [6.07, 6.45) is 1.83. The molecule has 0 aliphatic heterocycles. The third-order valence-electron chi connectivity index (χ3n) is 2.58. The summed E-state index contributed by atoms with van der Waals surface area (Å²) < 4.78 is 1.62. The lowest BCUT2D eigenvalue weighted by Gasteiger charge is -1.98. The molecular weight excluding hydrogens is 202 g/mol. The lowest BCUT2D eigenvalue weighted by Crippen LogP contribution is -2.02. The fourth-order valence-corrected chi connectivity index (χ4v) is 1.76. The molecule has 0 fully saturated rings. The van der Waals surface area contributed by atoms with Gasteiger partial charge in [0, 0.05) is 18.8 Å². The molecule has 0 aliphatic carbocycles. The maximum atomic E-state index is 10.9. The van der Waals surface area contributed by atoms with Crippen LogP contribution in [0.5, 0.6) is 0 Å². The van der Waals surface area contributed by atoms with Gasteiger partial charge in [-0.05, 0) is 18.6 Å². The van der Waals surface area contributed by atoms with Gasteiger partial charge >= 0.3 is 5.97 Å². The second-order valence-electron chi connectivity index (χ2n) is 3.90. The molecule has 0 amide bonds. The number of hydrogen-bond donors (Lipinski definition) is 1. The summed E-state index contributed by atoms with van der Waals surface area (Å²) in [7, 11) is 1.74. The zero-order valence-electron chi connectivity index (χ0n) is 9.27. The van der Waals surface area contributed by atoms with E-state index in [4.69, 9.17) is 5.11 Å². The van der Waals surface area contributed by atoms with Crippen molar-refractivity contribution in [2.75, 3.05) is 0 Å². The molecule has 0 saturated heterocycles. The Hall–Kier alpha value is -2.03. The number of aromatic nitrogens is 1. The van der Waals surface area contributed by atoms with Crippen LogP contribution >= 0.6 is 0 Å². The molecule has 16 heavy (non-hydrogen) atoms. The van der Waals surface area contributed by atoms with Crippen molar-refractivity contribution in [2.24, 2.45) is 7.05 Å². The van der Waals surface area contributed by atoms with Gasteiger partial charge in [-0.15, -0.1) is 0 Å². The molecule has 2 aromatic rings. The standard InChI is InChI=1S/C13H13NO2/c1-9-4-3-5-10(6-9)11-7-12(13(15)16)14(2)8-11/h3-8H,1-2H3,(H,15,16). The molecule has 3 nitrogen and oxygen atoms in total. The number of carboxylic acid groups (broad SMARTS) is 1. The molecule has 2 rings (SSSR count). The van der Waals surface area contributed by atoms with Crippen LogP contribution in [-0.2, 0) is 7.05 Å². The average Bonchev–Trinajstić information content (AvgIpc) is 2.60. The summed E-state index contributed by atoms with van der Waals surface area (Å²) in [6, 6.07) is 9.70. The van der Waals surface area contributed by atoms with Crippen LogP contribution in [0.3, 0.4) is 0 Å². The molecule has 0 aliphatic rings. The highest BCUT2D eigenvalue weighted by molar-refractivity contribution is 5.88. The number of carbonyl (C=O) groups is 1. The SMILES string of the molecule is Cc1cccc(-c2cc(C(=O)O)n(C)c2)c1. The first-order valence-electron chi connectivity index (χ1n) is 5.04. The molecular formula is C13H13NO2. The molecule has 0 saturated carbocycles. The molecule has 1 aromatic carbocycles. The van der Waals surface area contributed by atoms with E-state index in [9.17, 15) is 4.79 Å². The van der Waals surface area contributed by atoms with E-state index in [0.29, 0.717) is 5.69 Å². The van der Waals surface area contributed by atoms with E-state index in [-0.39, 0.29) is 0 Å². The maximum absolute atomic E-state index is 10.9. The molecule has 0 unspecified atom stereocenters. The van der Waals surface area contributed by atoms with Crippen LogP contribution in [0.1, 0.15) is 16.1 Å². The lowest BCUT2D eigenvalue weighted by molar-refractivity contribution is 0.0686. The quantitative estimate of drug-likeness (QED) is 0.836. The van der Waals surface area contributed by atoms with Crippen LogP contribution in [0, 0.1) is 6.92 Å². The van der Waals surface area contributed by atoms with Crippen LogP contribution in [0.25, 0.3) is 11.1 Å².